The van der Waals surface area contributed by atoms with Crippen LogP contribution in [0, 0.1) is 17.3 Å². The molecule has 2 aromatic rings. The summed E-state index contributed by atoms with van der Waals surface area (Å²) in [6, 6.07) is 7.33. The third kappa shape index (κ3) is 5.84. The van der Waals surface area contributed by atoms with Gasteiger partial charge in [-0.05, 0) is 29.9 Å². The zero-order chi connectivity index (χ0) is 28.5. The van der Waals surface area contributed by atoms with E-state index < -0.39 is 47.2 Å². The Kier molecular flexibility index (Phi) is 8.14. The molecule has 2 fully saturated rings. The van der Waals surface area contributed by atoms with E-state index in [1.165, 1.54) is 12.0 Å². The second-order valence-corrected chi connectivity index (χ2v) is 11.6. The van der Waals surface area contributed by atoms with Crippen LogP contribution in [-0.4, -0.2) is 46.1 Å². The number of carbonyl (C=O) groups excluding carboxylic acids is 1. The molecule has 1 aromatic heterocycles. The van der Waals surface area contributed by atoms with E-state index in [2.05, 4.69) is 10.3 Å². The number of nitrogens with zero attached hydrogens (tertiary/aromatic N) is 2. The molecule has 4 atom stereocenters. The van der Waals surface area contributed by atoms with Crippen molar-refractivity contribution in [2.24, 2.45) is 17.3 Å². The van der Waals surface area contributed by atoms with Crippen LogP contribution in [0.1, 0.15) is 70.0 Å². The molecule has 0 bridgehead atoms. The first-order valence-corrected chi connectivity index (χ1v) is 13.3. The first kappa shape index (κ1) is 28.7. The molecule has 1 aliphatic carbocycles. The maximum Gasteiger partial charge on any atom is 0.417 e. The number of halogens is 3. The first-order chi connectivity index (χ1) is 18.3. The lowest BCUT2D eigenvalue weighted by molar-refractivity contribution is -0.154. The average Bonchev–Trinajstić information content (AvgIpc) is 3.24. The summed E-state index contributed by atoms with van der Waals surface area (Å²) in [5.41, 5.74) is -0.908. The van der Waals surface area contributed by atoms with Gasteiger partial charge in [0, 0.05) is 18.0 Å². The van der Waals surface area contributed by atoms with Gasteiger partial charge in [0.25, 0.3) is 0 Å². The summed E-state index contributed by atoms with van der Waals surface area (Å²) in [6.07, 6.45) is 0.268. The van der Waals surface area contributed by atoms with Gasteiger partial charge in [-0.25, -0.2) is 9.78 Å². The Labute approximate surface area is 226 Å². The predicted molar refractivity (Wildman–Crippen MR) is 140 cm³/mol. The molecule has 4 unspecified atom stereocenters. The molecule has 2 aliphatic rings. The van der Waals surface area contributed by atoms with E-state index in [-0.39, 0.29) is 23.4 Å². The lowest BCUT2D eigenvalue weighted by Gasteiger charge is -2.36. The van der Waals surface area contributed by atoms with Crippen molar-refractivity contribution in [2.45, 2.75) is 77.2 Å². The summed E-state index contributed by atoms with van der Waals surface area (Å²) >= 11 is 0. The molecule has 1 saturated heterocycles. The van der Waals surface area contributed by atoms with E-state index in [1.54, 1.807) is 0 Å². The minimum atomic E-state index is -4.64. The van der Waals surface area contributed by atoms with E-state index in [9.17, 15) is 27.9 Å². The number of rotatable bonds is 6. The van der Waals surface area contributed by atoms with Gasteiger partial charge in [-0.1, -0.05) is 70.4 Å². The number of hydrogen-bond donors (Lipinski definition) is 2. The topological polar surface area (TPSA) is 91.8 Å². The largest absolute Gasteiger partial charge is 0.480 e. The third-order valence-electron chi connectivity index (χ3n) is 7.96. The fourth-order valence-corrected chi connectivity index (χ4v) is 6.27. The van der Waals surface area contributed by atoms with Crippen molar-refractivity contribution in [3.8, 4) is 5.88 Å². The highest BCUT2D eigenvalue weighted by Crippen LogP contribution is 2.51. The van der Waals surface area contributed by atoms with Gasteiger partial charge in [0.15, 0.2) is 0 Å². The molecular formula is C29H36F3N3O4. The van der Waals surface area contributed by atoms with E-state index in [0.717, 1.165) is 25.3 Å². The summed E-state index contributed by atoms with van der Waals surface area (Å²) in [5, 5.41) is 13.8. The second-order valence-electron chi connectivity index (χ2n) is 11.6. The van der Waals surface area contributed by atoms with E-state index in [4.69, 9.17) is 4.74 Å². The molecule has 1 amide bonds. The third-order valence-corrected chi connectivity index (χ3v) is 7.96. The van der Waals surface area contributed by atoms with Crippen molar-refractivity contribution in [1.82, 2.24) is 9.88 Å². The van der Waals surface area contributed by atoms with Gasteiger partial charge in [0.2, 0.25) is 11.8 Å². The monoisotopic (exact) mass is 547 g/mol. The standard InChI is InChI=1S/C29H36F3N3O4/c1-28(2,3)21-22(34-20-15-19(29(30,31)32)16-33-25(20)39-4)23(17-11-7-5-8-12-17)35(24(21)27(37)38)26(36)18-13-9-6-10-14-18/h5,7-8,11-12,15-16,18,21-24,34H,6,9-10,13-14H2,1-4H3,(H,37,38). The molecule has 212 valence electrons. The van der Waals surface area contributed by atoms with Crippen LogP contribution in [0.15, 0.2) is 42.6 Å². The molecule has 4 rings (SSSR count). The average molecular weight is 548 g/mol. The summed E-state index contributed by atoms with van der Waals surface area (Å²) in [4.78, 5) is 32.4. The number of likely N-dealkylation sites (tertiary alicyclic amines) is 1. The van der Waals surface area contributed by atoms with Crippen LogP contribution in [0.25, 0.3) is 0 Å². The van der Waals surface area contributed by atoms with Crippen molar-refractivity contribution < 1.29 is 32.6 Å². The number of pyridine rings is 1. The minimum Gasteiger partial charge on any atom is -0.480 e. The minimum absolute atomic E-state index is 0.0105. The maximum absolute atomic E-state index is 14.1. The Balaban J connectivity index is 1.90. The summed E-state index contributed by atoms with van der Waals surface area (Å²) in [6.45, 7) is 5.67. The predicted octanol–water partition coefficient (Wildman–Crippen LogP) is 6.17. The van der Waals surface area contributed by atoms with Gasteiger partial charge in [-0.3, -0.25) is 4.79 Å². The van der Waals surface area contributed by atoms with Crippen LogP contribution >= 0.6 is 0 Å². The number of hydrogen-bond acceptors (Lipinski definition) is 5. The van der Waals surface area contributed by atoms with Gasteiger partial charge >= 0.3 is 12.1 Å². The lowest BCUT2D eigenvalue weighted by atomic mass is 9.72. The quantitative estimate of drug-likeness (QED) is 0.450. The van der Waals surface area contributed by atoms with Gasteiger partial charge < -0.3 is 20.1 Å². The van der Waals surface area contributed by atoms with Crippen LogP contribution in [0.4, 0.5) is 18.9 Å². The molecule has 1 aromatic carbocycles. The summed E-state index contributed by atoms with van der Waals surface area (Å²) in [5.74, 6) is -2.36. The Bertz CT molecular complexity index is 1180. The van der Waals surface area contributed by atoms with E-state index in [0.29, 0.717) is 24.6 Å². The second kappa shape index (κ2) is 11.1. The van der Waals surface area contributed by atoms with Crippen molar-refractivity contribution in [3.05, 3.63) is 53.7 Å². The molecule has 2 N–H and O–H groups in total. The molecule has 0 spiro atoms. The number of carboxylic acids is 1. The van der Waals surface area contributed by atoms with Crippen LogP contribution in [0.5, 0.6) is 5.88 Å². The molecule has 2 heterocycles. The number of methoxy groups -OCH3 is 1. The number of benzene rings is 1. The number of amides is 1. The van der Waals surface area contributed by atoms with Crippen molar-refractivity contribution in [2.75, 3.05) is 12.4 Å². The normalized spacial score (nSPS) is 24.4. The van der Waals surface area contributed by atoms with Gasteiger partial charge in [-0.15, -0.1) is 0 Å². The van der Waals surface area contributed by atoms with Crippen molar-refractivity contribution in [1.29, 1.82) is 0 Å². The number of aliphatic carboxylic acids is 1. The van der Waals surface area contributed by atoms with Gasteiger partial charge in [-0.2, -0.15) is 13.2 Å². The van der Waals surface area contributed by atoms with Crippen LogP contribution < -0.4 is 10.1 Å². The Morgan fingerprint density at radius 2 is 1.72 bits per heavy atom. The summed E-state index contributed by atoms with van der Waals surface area (Å²) < 4.78 is 46.2. The molecule has 1 aliphatic heterocycles. The van der Waals surface area contributed by atoms with Crippen LogP contribution in [-0.2, 0) is 15.8 Å². The van der Waals surface area contributed by atoms with Crippen LogP contribution in [0.3, 0.4) is 0 Å². The zero-order valence-corrected chi connectivity index (χ0v) is 22.7. The Hall–Kier alpha value is -3.30. The number of carboxylic acid groups (broad SMARTS) is 1. The fourth-order valence-electron chi connectivity index (χ4n) is 6.27. The maximum atomic E-state index is 14.1. The molecule has 1 saturated carbocycles. The SMILES string of the molecule is COc1ncc(C(F)(F)F)cc1NC1C(c2ccccc2)N(C(=O)C2CCCCC2)C(C(=O)O)C1C(C)(C)C. The zero-order valence-electron chi connectivity index (χ0n) is 22.7. The molecule has 39 heavy (non-hydrogen) atoms. The number of ether oxygens (including phenoxy) is 1. The highest BCUT2D eigenvalue weighted by molar-refractivity contribution is 5.87. The van der Waals surface area contributed by atoms with Gasteiger partial charge in [0.1, 0.15) is 6.04 Å². The lowest BCUT2D eigenvalue weighted by Crippen LogP contribution is -2.49. The van der Waals surface area contributed by atoms with Gasteiger partial charge in [0.05, 0.1) is 30.4 Å². The molecule has 10 heteroatoms. The first-order valence-electron chi connectivity index (χ1n) is 13.3. The summed E-state index contributed by atoms with van der Waals surface area (Å²) in [7, 11) is 1.31. The number of nitrogens with one attached hydrogen (secondary N) is 1. The fraction of sp³-hybridized carbons (Fsp3) is 0.552. The molecule has 7 nitrogen and oxygen atoms in total. The van der Waals surface area contributed by atoms with E-state index >= 15 is 0 Å². The van der Waals surface area contributed by atoms with E-state index in [1.807, 2.05) is 51.1 Å². The molecular weight excluding hydrogens is 511 g/mol. The van der Waals surface area contributed by atoms with Crippen LogP contribution in [0.2, 0.25) is 0 Å². The van der Waals surface area contributed by atoms with Crippen molar-refractivity contribution in [3.63, 3.8) is 0 Å². The number of carbonyl (C=O) groups is 2. The number of anilines is 1. The van der Waals surface area contributed by atoms with Crippen molar-refractivity contribution >= 4 is 17.6 Å². The molecule has 0 radical (unpaired) electrons. The highest BCUT2D eigenvalue weighted by atomic mass is 19.4. The Morgan fingerprint density at radius 3 is 2.26 bits per heavy atom. The smallest absolute Gasteiger partial charge is 0.417 e. The Morgan fingerprint density at radius 1 is 1.08 bits per heavy atom. The number of alkyl halides is 3. The highest BCUT2D eigenvalue weighted by Gasteiger charge is 2.58. The number of aromatic nitrogens is 1.